The van der Waals surface area contributed by atoms with Crippen molar-refractivity contribution in [3.8, 4) is 11.3 Å². The molecule has 0 amide bonds. The van der Waals surface area contributed by atoms with Gasteiger partial charge in [0.2, 0.25) is 0 Å². The summed E-state index contributed by atoms with van der Waals surface area (Å²) in [6.07, 6.45) is 7.63. The maximum Gasteiger partial charge on any atom is 0.134 e. The van der Waals surface area contributed by atoms with Crippen molar-refractivity contribution in [2.24, 2.45) is 4.99 Å². The van der Waals surface area contributed by atoms with Crippen LogP contribution in [0.15, 0.2) is 75.9 Å². The first-order valence-corrected chi connectivity index (χ1v) is 8.31. The summed E-state index contributed by atoms with van der Waals surface area (Å²) in [6.45, 7) is 0.834. The Hall–Kier alpha value is -2.43. The summed E-state index contributed by atoms with van der Waals surface area (Å²) < 4.78 is 19.0. The number of aromatic nitrogens is 1. The normalized spacial score (nSPS) is 14.9. The Morgan fingerprint density at radius 2 is 1.78 bits per heavy atom. The molecule has 6 heteroatoms. The van der Waals surface area contributed by atoms with Crippen LogP contribution in [0.25, 0.3) is 17.4 Å². The van der Waals surface area contributed by atoms with Crippen LogP contribution in [0.3, 0.4) is 0 Å². The molecule has 0 radical (unpaired) electrons. The van der Waals surface area contributed by atoms with Crippen molar-refractivity contribution >= 4 is 36.6 Å². The maximum absolute atomic E-state index is 13.1. The van der Waals surface area contributed by atoms with Gasteiger partial charge in [0.15, 0.2) is 0 Å². The van der Waals surface area contributed by atoms with Gasteiger partial charge in [0.25, 0.3) is 0 Å². The van der Waals surface area contributed by atoms with Crippen LogP contribution in [0.5, 0.6) is 0 Å². The summed E-state index contributed by atoms with van der Waals surface area (Å²) in [5.41, 5.74) is 4.02. The lowest BCUT2D eigenvalue weighted by molar-refractivity contribution is 0.570. The Balaban J connectivity index is 0.00000131. The number of nitrogens with zero attached hydrogens (tertiary/aromatic N) is 2. The minimum atomic E-state index is -0.253. The topological polar surface area (TPSA) is 38.4 Å². The Morgan fingerprint density at radius 3 is 2.52 bits per heavy atom. The predicted octanol–water partition coefficient (Wildman–Crippen LogP) is 5.99. The van der Waals surface area contributed by atoms with Gasteiger partial charge in [-0.25, -0.2) is 4.39 Å². The standard InChI is InChI=1S/C21H17FN2O.2ClH/c22-18-7-5-15(6-8-18)20-10-9-19(25-20)13-16-3-2-12-24-21(16)17-4-1-11-23-14-17;;/h1,4-11,13-14H,2-3,12H2;2*1H/b16-13+;;. The molecule has 0 atom stereocenters. The van der Waals surface area contributed by atoms with E-state index in [4.69, 9.17) is 4.42 Å². The third-order valence-electron chi connectivity index (χ3n) is 4.19. The zero-order valence-electron chi connectivity index (χ0n) is 14.5. The number of pyridine rings is 1. The van der Waals surface area contributed by atoms with Gasteiger partial charge in [-0.1, -0.05) is 0 Å². The van der Waals surface area contributed by atoms with Crippen molar-refractivity contribution in [3.05, 3.63) is 83.6 Å². The van der Waals surface area contributed by atoms with Gasteiger partial charge >= 0.3 is 0 Å². The molecule has 140 valence electrons. The maximum atomic E-state index is 13.1. The molecule has 0 saturated carbocycles. The van der Waals surface area contributed by atoms with Crippen LogP contribution in [-0.2, 0) is 0 Å². The molecule has 1 aliphatic rings. The van der Waals surface area contributed by atoms with E-state index in [1.165, 1.54) is 12.1 Å². The van der Waals surface area contributed by atoms with Crippen LogP contribution in [0, 0.1) is 5.82 Å². The van der Waals surface area contributed by atoms with Crippen molar-refractivity contribution in [1.82, 2.24) is 4.98 Å². The van der Waals surface area contributed by atoms with Crippen molar-refractivity contribution in [2.45, 2.75) is 12.8 Å². The molecule has 1 aromatic carbocycles. The lowest BCUT2D eigenvalue weighted by Crippen LogP contribution is -2.11. The Labute approximate surface area is 169 Å². The number of aliphatic imine (C=N–C) groups is 1. The van der Waals surface area contributed by atoms with E-state index >= 15 is 0 Å². The van der Waals surface area contributed by atoms with Crippen LogP contribution >= 0.6 is 24.8 Å². The molecular weight excluding hydrogens is 386 g/mol. The van der Waals surface area contributed by atoms with E-state index in [9.17, 15) is 4.39 Å². The number of allylic oxidation sites excluding steroid dienone is 1. The van der Waals surface area contributed by atoms with Crippen LogP contribution in [0.1, 0.15) is 24.2 Å². The van der Waals surface area contributed by atoms with Crippen LogP contribution in [0.4, 0.5) is 4.39 Å². The number of hydrogen-bond acceptors (Lipinski definition) is 3. The summed E-state index contributed by atoms with van der Waals surface area (Å²) in [5, 5.41) is 0. The summed E-state index contributed by atoms with van der Waals surface area (Å²) in [6, 6.07) is 14.1. The fourth-order valence-electron chi connectivity index (χ4n) is 2.97. The van der Waals surface area contributed by atoms with Gasteiger partial charge < -0.3 is 4.42 Å². The van der Waals surface area contributed by atoms with E-state index in [1.54, 1.807) is 18.3 Å². The molecule has 0 spiro atoms. The molecule has 0 aliphatic carbocycles. The first kappa shape index (κ1) is 20.9. The van der Waals surface area contributed by atoms with E-state index in [0.717, 1.165) is 53.3 Å². The number of halogens is 3. The van der Waals surface area contributed by atoms with Gasteiger partial charge in [-0.3, -0.25) is 9.98 Å². The zero-order chi connectivity index (χ0) is 17.1. The van der Waals surface area contributed by atoms with Crippen molar-refractivity contribution in [3.63, 3.8) is 0 Å². The third kappa shape index (κ3) is 4.85. The highest BCUT2D eigenvalue weighted by Gasteiger charge is 2.15. The predicted molar refractivity (Wildman–Crippen MR) is 111 cm³/mol. The summed E-state index contributed by atoms with van der Waals surface area (Å²) in [4.78, 5) is 8.87. The SMILES string of the molecule is Cl.Cl.Fc1ccc(-c2ccc(/C=C3\CCCN=C3c3cccnc3)o2)cc1. The van der Waals surface area contributed by atoms with E-state index in [-0.39, 0.29) is 30.6 Å². The number of furan rings is 1. The minimum Gasteiger partial charge on any atom is -0.457 e. The molecule has 0 saturated heterocycles. The van der Waals surface area contributed by atoms with Crippen molar-refractivity contribution < 1.29 is 8.81 Å². The Bertz CT molecular complexity index is 934. The number of benzene rings is 1. The van der Waals surface area contributed by atoms with Gasteiger partial charge in [0.1, 0.15) is 17.3 Å². The fourth-order valence-corrected chi connectivity index (χ4v) is 2.97. The highest BCUT2D eigenvalue weighted by Crippen LogP contribution is 2.26. The molecule has 3 heterocycles. The van der Waals surface area contributed by atoms with Gasteiger partial charge in [-0.15, -0.1) is 24.8 Å². The van der Waals surface area contributed by atoms with Crippen molar-refractivity contribution in [1.29, 1.82) is 0 Å². The summed E-state index contributed by atoms with van der Waals surface area (Å²) in [5.74, 6) is 1.24. The first-order valence-electron chi connectivity index (χ1n) is 8.31. The quantitative estimate of drug-likeness (QED) is 0.537. The molecule has 2 aromatic heterocycles. The van der Waals surface area contributed by atoms with E-state index in [1.807, 2.05) is 36.5 Å². The second-order valence-corrected chi connectivity index (χ2v) is 5.95. The largest absolute Gasteiger partial charge is 0.457 e. The van der Waals surface area contributed by atoms with Crippen molar-refractivity contribution in [2.75, 3.05) is 6.54 Å². The first-order chi connectivity index (χ1) is 12.3. The van der Waals surface area contributed by atoms with E-state index in [2.05, 4.69) is 9.98 Å². The minimum absolute atomic E-state index is 0. The fraction of sp³-hybridized carbons (Fsp3) is 0.143. The number of hydrogen-bond donors (Lipinski definition) is 0. The van der Waals surface area contributed by atoms with Crippen LogP contribution < -0.4 is 0 Å². The Morgan fingerprint density at radius 1 is 0.963 bits per heavy atom. The van der Waals surface area contributed by atoms with E-state index < -0.39 is 0 Å². The molecule has 1 aliphatic heterocycles. The van der Waals surface area contributed by atoms with Gasteiger partial charge in [0.05, 0.1) is 5.71 Å². The molecule has 3 nitrogen and oxygen atoms in total. The molecule has 0 fully saturated rings. The molecule has 0 bridgehead atoms. The average molecular weight is 405 g/mol. The number of rotatable bonds is 3. The lowest BCUT2D eigenvalue weighted by atomic mass is 9.96. The molecule has 0 N–H and O–H groups in total. The molecule has 4 rings (SSSR count). The summed E-state index contributed by atoms with van der Waals surface area (Å²) >= 11 is 0. The van der Waals surface area contributed by atoms with Gasteiger partial charge in [0, 0.05) is 30.1 Å². The average Bonchev–Trinajstić information content (AvgIpc) is 3.12. The molecule has 3 aromatic rings. The summed E-state index contributed by atoms with van der Waals surface area (Å²) in [7, 11) is 0. The van der Waals surface area contributed by atoms with Gasteiger partial charge in [-0.2, -0.15) is 0 Å². The Kier molecular flexibility index (Phi) is 7.34. The zero-order valence-corrected chi connectivity index (χ0v) is 16.1. The van der Waals surface area contributed by atoms with Crippen LogP contribution in [-0.4, -0.2) is 17.2 Å². The molecule has 0 unspecified atom stereocenters. The molecular formula is C21H19Cl2FN2O. The monoisotopic (exact) mass is 404 g/mol. The highest BCUT2D eigenvalue weighted by molar-refractivity contribution is 6.15. The highest BCUT2D eigenvalue weighted by atomic mass is 35.5. The smallest absolute Gasteiger partial charge is 0.134 e. The van der Waals surface area contributed by atoms with E-state index in [0.29, 0.717) is 0 Å². The second kappa shape index (κ2) is 9.49. The second-order valence-electron chi connectivity index (χ2n) is 5.95. The third-order valence-corrected chi connectivity index (χ3v) is 4.19. The lowest BCUT2D eigenvalue weighted by Gasteiger charge is -2.15. The molecule has 27 heavy (non-hydrogen) atoms. The van der Waals surface area contributed by atoms with Crippen LogP contribution in [0.2, 0.25) is 0 Å². The van der Waals surface area contributed by atoms with Gasteiger partial charge in [-0.05, 0) is 73.0 Å².